The predicted molar refractivity (Wildman–Crippen MR) is 62.6 cm³/mol. The molecule has 1 unspecified atom stereocenters. The van der Waals surface area contributed by atoms with Gasteiger partial charge in [0.15, 0.2) is 5.01 Å². The van der Waals surface area contributed by atoms with Gasteiger partial charge in [0, 0.05) is 16.6 Å². The number of hydrazine groups is 1. The van der Waals surface area contributed by atoms with E-state index in [0.717, 1.165) is 24.4 Å². The van der Waals surface area contributed by atoms with Gasteiger partial charge in [0.2, 0.25) is 0 Å². The van der Waals surface area contributed by atoms with E-state index >= 15 is 0 Å². The fourth-order valence-corrected chi connectivity index (χ4v) is 2.47. The zero-order chi connectivity index (χ0) is 14.9. The molecule has 3 nitrogen and oxygen atoms in total. The van der Waals surface area contributed by atoms with Crippen LogP contribution in [0.2, 0.25) is 0 Å². The molecule has 1 aromatic heterocycles. The van der Waals surface area contributed by atoms with Crippen LogP contribution in [0.4, 0.5) is 22.0 Å². The molecule has 0 fully saturated rings. The fourth-order valence-electron chi connectivity index (χ4n) is 1.61. The molecule has 108 valence electrons. The van der Waals surface area contributed by atoms with Crippen molar-refractivity contribution in [1.82, 2.24) is 10.4 Å². The third-order valence-corrected chi connectivity index (χ3v) is 3.59. The third-order valence-electron chi connectivity index (χ3n) is 2.49. The Bertz CT molecular complexity index is 610. The van der Waals surface area contributed by atoms with Gasteiger partial charge in [0.25, 0.3) is 0 Å². The van der Waals surface area contributed by atoms with E-state index in [1.807, 2.05) is 0 Å². The van der Waals surface area contributed by atoms with Gasteiger partial charge in [-0.3, -0.25) is 5.84 Å². The Morgan fingerprint density at radius 3 is 2.50 bits per heavy atom. The van der Waals surface area contributed by atoms with Gasteiger partial charge in [-0.15, -0.1) is 11.3 Å². The molecule has 0 spiro atoms. The second kappa shape index (κ2) is 5.43. The standard InChI is InChI=1S/C11H8F5N3S/c12-5-1-2-7(13)6(3-5)9(19-17)8-4-18-10(20-8)11(14,15)16/h1-4,9,19H,17H2. The Morgan fingerprint density at radius 2 is 1.95 bits per heavy atom. The molecule has 0 aliphatic carbocycles. The van der Waals surface area contributed by atoms with Gasteiger partial charge < -0.3 is 0 Å². The molecule has 0 aliphatic rings. The molecule has 0 saturated heterocycles. The van der Waals surface area contributed by atoms with Crippen LogP contribution in [-0.2, 0) is 6.18 Å². The Balaban J connectivity index is 2.42. The molecular weight excluding hydrogens is 301 g/mol. The Labute approximate surface area is 114 Å². The SMILES string of the molecule is NNC(c1cnc(C(F)(F)F)s1)c1cc(F)ccc1F. The van der Waals surface area contributed by atoms with Crippen molar-refractivity contribution in [3.63, 3.8) is 0 Å². The van der Waals surface area contributed by atoms with Crippen molar-refractivity contribution < 1.29 is 22.0 Å². The van der Waals surface area contributed by atoms with Crippen molar-refractivity contribution in [2.75, 3.05) is 0 Å². The Morgan fingerprint density at radius 1 is 1.25 bits per heavy atom. The van der Waals surface area contributed by atoms with Crippen LogP contribution in [0.5, 0.6) is 0 Å². The van der Waals surface area contributed by atoms with Crippen LogP contribution < -0.4 is 11.3 Å². The Kier molecular flexibility index (Phi) is 4.02. The topological polar surface area (TPSA) is 50.9 Å². The lowest BCUT2D eigenvalue weighted by Gasteiger charge is -2.15. The number of hydrogen-bond acceptors (Lipinski definition) is 4. The van der Waals surface area contributed by atoms with Crippen molar-refractivity contribution in [3.05, 3.63) is 51.5 Å². The minimum absolute atomic E-state index is 0.0318. The molecule has 0 aliphatic heterocycles. The molecule has 1 atom stereocenters. The van der Waals surface area contributed by atoms with Crippen LogP contribution in [0, 0.1) is 11.6 Å². The summed E-state index contributed by atoms with van der Waals surface area (Å²) in [7, 11) is 0. The van der Waals surface area contributed by atoms with Gasteiger partial charge >= 0.3 is 6.18 Å². The normalized spacial score (nSPS) is 13.5. The van der Waals surface area contributed by atoms with Crippen LogP contribution in [0.1, 0.15) is 21.5 Å². The maximum absolute atomic E-state index is 13.6. The summed E-state index contributed by atoms with van der Waals surface area (Å²) in [6.45, 7) is 0. The number of rotatable bonds is 3. The molecule has 0 bridgehead atoms. The van der Waals surface area contributed by atoms with E-state index in [4.69, 9.17) is 5.84 Å². The van der Waals surface area contributed by atoms with Crippen LogP contribution in [-0.4, -0.2) is 4.98 Å². The molecule has 20 heavy (non-hydrogen) atoms. The number of halogens is 5. The van der Waals surface area contributed by atoms with Gasteiger partial charge in [0.05, 0.1) is 6.04 Å². The lowest BCUT2D eigenvalue weighted by molar-refractivity contribution is -0.137. The number of aromatic nitrogens is 1. The number of thiazole rings is 1. The molecular formula is C11H8F5N3S. The molecule has 1 aromatic carbocycles. The summed E-state index contributed by atoms with van der Waals surface area (Å²) in [5, 5.41) is -1.08. The summed E-state index contributed by atoms with van der Waals surface area (Å²) in [5.41, 5.74) is 1.97. The van der Waals surface area contributed by atoms with Gasteiger partial charge in [-0.05, 0) is 18.2 Å². The average Bonchev–Trinajstić information content (AvgIpc) is 2.84. The van der Waals surface area contributed by atoms with E-state index < -0.39 is 28.9 Å². The number of alkyl halides is 3. The summed E-state index contributed by atoms with van der Waals surface area (Å²) in [4.78, 5) is 3.25. The molecule has 0 radical (unpaired) electrons. The zero-order valence-electron chi connectivity index (χ0n) is 9.71. The lowest BCUT2D eigenvalue weighted by Crippen LogP contribution is -2.29. The highest BCUT2D eigenvalue weighted by Gasteiger charge is 2.35. The van der Waals surface area contributed by atoms with Crippen molar-refractivity contribution in [1.29, 1.82) is 0 Å². The van der Waals surface area contributed by atoms with Gasteiger partial charge in [-0.25, -0.2) is 19.2 Å². The minimum Gasteiger partial charge on any atom is -0.271 e. The number of nitrogens with one attached hydrogen (secondary N) is 1. The highest BCUT2D eigenvalue weighted by Crippen LogP contribution is 2.36. The van der Waals surface area contributed by atoms with Crippen LogP contribution in [0.3, 0.4) is 0 Å². The summed E-state index contributed by atoms with van der Waals surface area (Å²) in [6.07, 6.45) is -3.66. The van der Waals surface area contributed by atoms with Crippen LogP contribution >= 0.6 is 11.3 Å². The van der Waals surface area contributed by atoms with E-state index in [0.29, 0.717) is 11.3 Å². The van der Waals surface area contributed by atoms with E-state index in [1.54, 1.807) is 0 Å². The van der Waals surface area contributed by atoms with Crippen molar-refractivity contribution >= 4 is 11.3 Å². The van der Waals surface area contributed by atoms with Crippen molar-refractivity contribution in [2.45, 2.75) is 12.2 Å². The number of nitrogens with zero attached hydrogens (tertiary/aromatic N) is 1. The first-order valence-corrected chi connectivity index (χ1v) is 6.08. The number of hydrogen-bond donors (Lipinski definition) is 2. The smallest absolute Gasteiger partial charge is 0.271 e. The minimum atomic E-state index is -4.59. The average molecular weight is 309 g/mol. The third kappa shape index (κ3) is 2.94. The Hall–Kier alpha value is -1.58. The molecule has 9 heteroatoms. The highest BCUT2D eigenvalue weighted by molar-refractivity contribution is 7.11. The van der Waals surface area contributed by atoms with Gasteiger partial charge in [-0.2, -0.15) is 13.2 Å². The van der Waals surface area contributed by atoms with E-state index in [9.17, 15) is 22.0 Å². The lowest BCUT2D eigenvalue weighted by atomic mass is 10.1. The first kappa shape index (κ1) is 14.8. The van der Waals surface area contributed by atoms with Crippen LogP contribution in [0.15, 0.2) is 24.4 Å². The summed E-state index contributed by atoms with van der Waals surface area (Å²) < 4.78 is 64.2. The predicted octanol–water partition coefficient (Wildman–Crippen LogP) is 2.99. The highest BCUT2D eigenvalue weighted by atomic mass is 32.1. The second-order valence-electron chi connectivity index (χ2n) is 3.83. The largest absolute Gasteiger partial charge is 0.443 e. The number of nitrogens with two attached hydrogens (primary N) is 1. The second-order valence-corrected chi connectivity index (χ2v) is 4.89. The monoisotopic (exact) mass is 309 g/mol. The van der Waals surface area contributed by atoms with Crippen molar-refractivity contribution in [3.8, 4) is 0 Å². The fraction of sp³-hybridized carbons (Fsp3) is 0.182. The zero-order valence-corrected chi connectivity index (χ0v) is 10.5. The van der Waals surface area contributed by atoms with E-state index in [1.165, 1.54) is 0 Å². The molecule has 1 heterocycles. The maximum Gasteiger partial charge on any atom is 0.443 e. The molecule has 2 rings (SSSR count). The summed E-state index contributed by atoms with van der Waals surface area (Å²) in [5.74, 6) is 3.73. The van der Waals surface area contributed by atoms with Crippen molar-refractivity contribution in [2.24, 2.45) is 5.84 Å². The molecule has 0 amide bonds. The number of benzene rings is 1. The van der Waals surface area contributed by atoms with E-state index in [2.05, 4.69) is 10.4 Å². The molecule has 2 aromatic rings. The molecule has 0 saturated carbocycles. The van der Waals surface area contributed by atoms with E-state index in [-0.39, 0.29) is 10.4 Å². The summed E-state index contributed by atoms with van der Waals surface area (Å²) in [6, 6.07) is 1.53. The maximum atomic E-state index is 13.6. The first-order chi connectivity index (χ1) is 9.32. The van der Waals surface area contributed by atoms with Gasteiger partial charge in [0.1, 0.15) is 11.6 Å². The summed E-state index contributed by atoms with van der Waals surface area (Å²) >= 11 is 0.314. The van der Waals surface area contributed by atoms with Gasteiger partial charge in [-0.1, -0.05) is 0 Å². The molecule has 3 N–H and O–H groups in total. The quantitative estimate of drug-likeness (QED) is 0.520. The van der Waals surface area contributed by atoms with Crippen LogP contribution in [0.25, 0.3) is 0 Å². The first-order valence-electron chi connectivity index (χ1n) is 5.27.